The molecule has 0 heterocycles. The number of esters is 2. The van der Waals surface area contributed by atoms with E-state index in [2.05, 4.69) is 0 Å². The molecule has 24 heavy (non-hydrogen) atoms. The Labute approximate surface area is 142 Å². The molecule has 126 valence electrons. The molecule has 0 bridgehead atoms. The third-order valence-electron chi connectivity index (χ3n) is 3.57. The van der Waals surface area contributed by atoms with E-state index >= 15 is 0 Å². The number of aryl methyl sites for hydroxylation is 2. The highest BCUT2D eigenvalue weighted by Crippen LogP contribution is 2.28. The van der Waals surface area contributed by atoms with Crippen molar-refractivity contribution in [3.63, 3.8) is 0 Å². The van der Waals surface area contributed by atoms with Crippen LogP contribution >= 0.6 is 0 Å². The zero-order valence-corrected chi connectivity index (χ0v) is 14.5. The third kappa shape index (κ3) is 4.02. The molecule has 0 amide bonds. The van der Waals surface area contributed by atoms with E-state index in [9.17, 15) is 9.59 Å². The average molecular weight is 326 g/mol. The molecule has 4 nitrogen and oxygen atoms in total. The van der Waals surface area contributed by atoms with Crippen LogP contribution in [0.25, 0.3) is 11.1 Å². The minimum absolute atomic E-state index is 0.314. The lowest BCUT2D eigenvalue weighted by Gasteiger charge is -2.12. The summed E-state index contributed by atoms with van der Waals surface area (Å²) in [7, 11) is 0. The quantitative estimate of drug-likeness (QED) is 0.768. The standard InChI is InChI=1S/C20H22O4/c1-5-23-19(21)16-10-14(4)9-15(12-16)17-8-7-13(3)11-18(17)20(22)24-6-2/h7-12H,5-6H2,1-4H3. The van der Waals surface area contributed by atoms with Crippen LogP contribution in [0.3, 0.4) is 0 Å². The summed E-state index contributed by atoms with van der Waals surface area (Å²) >= 11 is 0. The highest BCUT2D eigenvalue weighted by molar-refractivity contribution is 5.99. The molecule has 0 spiro atoms. The van der Waals surface area contributed by atoms with Gasteiger partial charge in [0.1, 0.15) is 0 Å². The van der Waals surface area contributed by atoms with Crippen LogP contribution in [-0.4, -0.2) is 25.2 Å². The van der Waals surface area contributed by atoms with Crippen molar-refractivity contribution in [2.75, 3.05) is 13.2 Å². The highest BCUT2D eigenvalue weighted by atomic mass is 16.5. The normalized spacial score (nSPS) is 10.3. The zero-order chi connectivity index (χ0) is 17.7. The van der Waals surface area contributed by atoms with Crippen LogP contribution in [0, 0.1) is 13.8 Å². The first-order valence-corrected chi connectivity index (χ1v) is 8.03. The summed E-state index contributed by atoms with van der Waals surface area (Å²) in [4.78, 5) is 24.3. The smallest absolute Gasteiger partial charge is 0.338 e. The van der Waals surface area contributed by atoms with Gasteiger partial charge in [-0.15, -0.1) is 0 Å². The number of hydrogen-bond donors (Lipinski definition) is 0. The number of carbonyl (C=O) groups excluding carboxylic acids is 2. The molecule has 0 N–H and O–H groups in total. The largest absolute Gasteiger partial charge is 0.462 e. The number of benzene rings is 2. The van der Waals surface area contributed by atoms with E-state index in [1.807, 2.05) is 32.0 Å². The van der Waals surface area contributed by atoms with Crippen LogP contribution in [0.2, 0.25) is 0 Å². The van der Waals surface area contributed by atoms with Crippen molar-refractivity contribution in [3.05, 3.63) is 58.7 Å². The minimum atomic E-state index is -0.368. The van der Waals surface area contributed by atoms with Gasteiger partial charge >= 0.3 is 11.9 Å². The molecule has 0 atom stereocenters. The molecule has 0 radical (unpaired) electrons. The molecule has 0 aliphatic rings. The first-order chi connectivity index (χ1) is 11.5. The van der Waals surface area contributed by atoms with Crippen molar-refractivity contribution in [1.82, 2.24) is 0 Å². The van der Waals surface area contributed by atoms with Crippen molar-refractivity contribution in [3.8, 4) is 11.1 Å². The Kier molecular flexibility index (Phi) is 5.74. The van der Waals surface area contributed by atoms with Gasteiger partial charge in [0.25, 0.3) is 0 Å². The average Bonchev–Trinajstić information content (AvgIpc) is 2.54. The molecule has 4 heteroatoms. The van der Waals surface area contributed by atoms with Crippen molar-refractivity contribution in [2.24, 2.45) is 0 Å². The van der Waals surface area contributed by atoms with Gasteiger partial charge in [0, 0.05) is 0 Å². The summed E-state index contributed by atoms with van der Waals surface area (Å²) in [5.74, 6) is -0.734. The maximum atomic E-state index is 12.3. The summed E-state index contributed by atoms with van der Waals surface area (Å²) in [6.07, 6.45) is 0. The van der Waals surface area contributed by atoms with Gasteiger partial charge in [-0.2, -0.15) is 0 Å². The van der Waals surface area contributed by atoms with Crippen LogP contribution in [0.5, 0.6) is 0 Å². The fraction of sp³-hybridized carbons (Fsp3) is 0.300. The second-order valence-electron chi connectivity index (χ2n) is 5.58. The van der Waals surface area contributed by atoms with Crippen molar-refractivity contribution in [2.45, 2.75) is 27.7 Å². The van der Waals surface area contributed by atoms with E-state index in [1.165, 1.54) is 0 Å². The van der Waals surface area contributed by atoms with Crippen LogP contribution in [0.15, 0.2) is 36.4 Å². The Morgan fingerprint density at radius 2 is 1.50 bits per heavy atom. The lowest BCUT2D eigenvalue weighted by molar-refractivity contribution is 0.0518. The fourth-order valence-corrected chi connectivity index (χ4v) is 2.56. The van der Waals surface area contributed by atoms with E-state index in [-0.39, 0.29) is 11.9 Å². The van der Waals surface area contributed by atoms with Gasteiger partial charge in [-0.25, -0.2) is 9.59 Å². The van der Waals surface area contributed by atoms with E-state index in [1.54, 1.807) is 32.0 Å². The Balaban J connectivity index is 2.55. The summed E-state index contributed by atoms with van der Waals surface area (Å²) < 4.78 is 10.2. The van der Waals surface area contributed by atoms with Crippen LogP contribution < -0.4 is 0 Å². The maximum absolute atomic E-state index is 12.3. The van der Waals surface area contributed by atoms with Crippen LogP contribution in [0.4, 0.5) is 0 Å². The van der Waals surface area contributed by atoms with E-state index < -0.39 is 0 Å². The summed E-state index contributed by atoms with van der Waals surface area (Å²) in [5, 5.41) is 0. The van der Waals surface area contributed by atoms with E-state index in [0.717, 1.165) is 22.3 Å². The van der Waals surface area contributed by atoms with Gasteiger partial charge in [-0.3, -0.25) is 0 Å². The molecule has 0 saturated carbocycles. The third-order valence-corrected chi connectivity index (χ3v) is 3.57. The first-order valence-electron chi connectivity index (χ1n) is 8.03. The molecule has 2 aromatic rings. The molecule has 0 aliphatic carbocycles. The van der Waals surface area contributed by atoms with Crippen LogP contribution in [-0.2, 0) is 9.47 Å². The second kappa shape index (κ2) is 7.77. The minimum Gasteiger partial charge on any atom is -0.462 e. The molecule has 0 unspecified atom stereocenters. The van der Waals surface area contributed by atoms with Crippen molar-refractivity contribution in [1.29, 1.82) is 0 Å². The predicted molar refractivity (Wildman–Crippen MR) is 93.3 cm³/mol. The Morgan fingerprint density at radius 1 is 0.833 bits per heavy atom. The number of ether oxygens (including phenoxy) is 2. The van der Waals surface area contributed by atoms with Gasteiger partial charge < -0.3 is 9.47 Å². The fourth-order valence-electron chi connectivity index (χ4n) is 2.56. The Hall–Kier alpha value is -2.62. The monoisotopic (exact) mass is 326 g/mol. The summed E-state index contributed by atoms with van der Waals surface area (Å²) in [6, 6.07) is 11.1. The molecular formula is C20H22O4. The molecule has 2 aromatic carbocycles. The van der Waals surface area contributed by atoms with Crippen molar-refractivity contribution < 1.29 is 19.1 Å². The maximum Gasteiger partial charge on any atom is 0.338 e. The molecule has 0 aliphatic heterocycles. The van der Waals surface area contributed by atoms with E-state index in [0.29, 0.717) is 24.3 Å². The SMILES string of the molecule is CCOC(=O)c1cc(C)cc(-c2ccc(C)cc2C(=O)OCC)c1. The number of carbonyl (C=O) groups is 2. The zero-order valence-electron chi connectivity index (χ0n) is 14.5. The number of hydrogen-bond acceptors (Lipinski definition) is 4. The Morgan fingerprint density at radius 3 is 2.17 bits per heavy atom. The second-order valence-corrected chi connectivity index (χ2v) is 5.58. The van der Waals surface area contributed by atoms with Gasteiger partial charge in [0.05, 0.1) is 24.3 Å². The molecule has 0 saturated heterocycles. The van der Waals surface area contributed by atoms with Crippen LogP contribution in [0.1, 0.15) is 45.7 Å². The van der Waals surface area contributed by atoms with Gasteiger partial charge in [-0.05, 0) is 62.6 Å². The molecule has 0 aromatic heterocycles. The summed E-state index contributed by atoms with van der Waals surface area (Å²) in [5.41, 5.74) is 4.40. The number of rotatable bonds is 5. The van der Waals surface area contributed by atoms with E-state index in [4.69, 9.17) is 9.47 Å². The van der Waals surface area contributed by atoms with Gasteiger partial charge in [0.15, 0.2) is 0 Å². The predicted octanol–water partition coefficient (Wildman–Crippen LogP) is 4.32. The topological polar surface area (TPSA) is 52.6 Å². The lowest BCUT2D eigenvalue weighted by Crippen LogP contribution is -2.08. The first kappa shape index (κ1) is 17.7. The highest BCUT2D eigenvalue weighted by Gasteiger charge is 2.16. The Bertz CT molecular complexity index is 762. The van der Waals surface area contributed by atoms with Gasteiger partial charge in [0.2, 0.25) is 0 Å². The lowest BCUT2D eigenvalue weighted by atomic mass is 9.95. The van der Waals surface area contributed by atoms with Crippen molar-refractivity contribution >= 4 is 11.9 Å². The van der Waals surface area contributed by atoms with Gasteiger partial charge in [-0.1, -0.05) is 23.8 Å². The summed E-state index contributed by atoms with van der Waals surface area (Å²) in [6.45, 7) is 8.01. The molecule has 2 rings (SSSR count). The molecule has 0 fully saturated rings. The molecular weight excluding hydrogens is 304 g/mol.